The molecule has 0 spiro atoms. The second kappa shape index (κ2) is 9.89. The number of sulfonamides is 1. The summed E-state index contributed by atoms with van der Waals surface area (Å²) in [6.45, 7) is 4.25. The molecule has 164 valence electrons. The molecule has 1 amide bonds. The van der Waals surface area contributed by atoms with Gasteiger partial charge in [-0.1, -0.05) is 29.8 Å². The summed E-state index contributed by atoms with van der Waals surface area (Å²) in [5.41, 5.74) is 2.29. The molecular weight excluding hydrogens is 416 g/mol. The van der Waals surface area contributed by atoms with Gasteiger partial charge in [-0.3, -0.25) is 4.79 Å². The lowest BCUT2D eigenvalue weighted by molar-refractivity contribution is -0.137. The van der Waals surface area contributed by atoms with Gasteiger partial charge in [-0.2, -0.15) is 4.31 Å². The first-order chi connectivity index (χ1) is 14.8. The number of amides is 1. The zero-order valence-corrected chi connectivity index (χ0v) is 18.4. The molecule has 0 bridgehead atoms. The fraction of sp³-hybridized carbons (Fsp3) is 0.304. The number of rotatable bonds is 7. The molecule has 1 heterocycles. The summed E-state index contributed by atoms with van der Waals surface area (Å²) in [7, 11) is -3.75. The summed E-state index contributed by atoms with van der Waals surface area (Å²) in [6.07, 6.45) is 4.05. The maximum absolute atomic E-state index is 13.0. The van der Waals surface area contributed by atoms with E-state index in [0.717, 1.165) is 11.1 Å². The van der Waals surface area contributed by atoms with Crippen LogP contribution in [-0.2, 0) is 24.3 Å². The van der Waals surface area contributed by atoms with Crippen LogP contribution >= 0.6 is 0 Å². The van der Waals surface area contributed by atoms with E-state index in [2.05, 4.69) is 5.32 Å². The molecule has 1 aliphatic rings. The van der Waals surface area contributed by atoms with Gasteiger partial charge in [-0.15, -0.1) is 0 Å². The highest BCUT2D eigenvalue weighted by Crippen LogP contribution is 2.27. The van der Waals surface area contributed by atoms with Gasteiger partial charge in [0.2, 0.25) is 15.9 Å². The Morgan fingerprint density at radius 3 is 2.45 bits per heavy atom. The van der Waals surface area contributed by atoms with Crippen molar-refractivity contribution in [3.63, 3.8) is 0 Å². The number of nitrogens with one attached hydrogen (secondary N) is 1. The quantitative estimate of drug-likeness (QED) is 0.524. The lowest BCUT2D eigenvalue weighted by Gasteiger charge is -2.23. The third-order valence-electron chi connectivity index (χ3n) is 5.01. The Morgan fingerprint density at radius 1 is 1.13 bits per heavy atom. The predicted octanol–water partition coefficient (Wildman–Crippen LogP) is 3.36. The average Bonchev–Trinajstić information content (AvgIpc) is 3.25. The first kappa shape index (κ1) is 22.7. The van der Waals surface area contributed by atoms with Crippen molar-refractivity contribution in [1.29, 1.82) is 0 Å². The van der Waals surface area contributed by atoms with Gasteiger partial charge in [0, 0.05) is 18.3 Å². The van der Waals surface area contributed by atoms with E-state index < -0.39 is 22.0 Å². The topological polar surface area (TPSA) is 92.8 Å². The van der Waals surface area contributed by atoms with Gasteiger partial charge in [-0.25, -0.2) is 13.2 Å². The van der Waals surface area contributed by atoms with Crippen molar-refractivity contribution in [2.45, 2.75) is 37.6 Å². The zero-order chi connectivity index (χ0) is 22.4. The van der Waals surface area contributed by atoms with Crippen LogP contribution in [0.25, 0.3) is 6.08 Å². The van der Waals surface area contributed by atoms with E-state index in [1.807, 2.05) is 6.92 Å². The third-order valence-corrected chi connectivity index (χ3v) is 6.93. The number of aryl methyl sites for hydroxylation is 1. The standard InChI is InChI=1S/C23H26N2O5S/c1-3-30-22(26)15-10-18-8-11-19(12-9-18)24-23(27)21-5-4-16-25(21)31(28,29)20-13-6-17(2)7-14-20/h6-15,21H,3-5,16H2,1-2H3,(H,24,27). The fourth-order valence-corrected chi connectivity index (χ4v) is 5.05. The molecular formula is C23H26N2O5S. The first-order valence-electron chi connectivity index (χ1n) is 10.2. The molecule has 0 radical (unpaired) electrons. The Bertz CT molecular complexity index is 1060. The highest BCUT2D eigenvalue weighted by atomic mass is 32.2. The number of esters is 1. The SMILES string of the molecule is CCOC(=O)C=Cc1ccc(NC(=O)C2CCCN2S(=O)(=O)c2ccc(C)cc2)cc1. The van der Waals surface area contributed by atoms with E-state index in [4.69, 9.17) is 4.74 Å². The van der Waals surface area contributed by atoms with Crippen molar-refractivity contribution in [3.05, 3.63) is 65.7 Å². The van der Waals surface area contributed by atoms with Gasteiger partial charge < -0.3 is 10.1 Å². The highest BCUT2D eigenvalue weighted by molar-refractivity contribution is 7.89. The third kappa shape index (κ3) is 5.59. The van der Waals surface area contributed by atoms with Gasteiger partial charge in [0.05, 0.1) is 11.5 Å². The van der Waals surface area contributed by atoms with Crippen LogP contribution < -0.4 is 5.32 Å². The maximum Gasteiger partial charge on any atom is 0.330 e. The van der Waals surface area contributed by atoms with Gasteiger partial charge in [0.1, 0.15) is 6.04 Å². The van der Waals surface area contributed by atoms with E-state index >= 15 is 0 Å². The first-order valence-corrected chi connectivity index (χ1v) is 11.6. The summed E-state index contributed by atoms with van der Waals surface area (Å²) >= 11 is 0. The molecule has 1 saturated heterocycles. The zero-order valence-electron chi connectivity index (χ0n) is 17.6. The van der Waals surface area contributed by atoms with Crippen molar-refractivity contribution in [2.75, 3.05) is 18.5 Å². The number of hydrogen-bond acceptors (Lipinski definition) is 5. The molecule has 1 unspecified atom stereocenters. The summed E-state index contributed by atoms with van der Waals surface area (Å²) in [5.74, 6) is -0.779. The van der Waals surface area contributed by atoms with E-state index in [-0.39, 0.29) is 10.8 Å². The minimum atomic E-state index is -3.75. The van der Waals surface area contributed by atoms with Crippen LogP contribution in [0.15, 0.2) is 59.5 Å². The van der Waals surface area contributed by atoms with Crippen molar-refractivity contribution in [1.82, 2.24) is 4.31 Å². The Balaban J connectivity index is 1.68. The molecule has 3 rings (SSSR count). The molecule has 1 N–H and O–H groups in total. The van der Waals surface area contributed by atoms with E-state index in [9.17, 15) is 18.0 Å². The van der Waals surface area contributed by atoms with E-state index in [1.54, 1.807) is 61.5 Å². The van der Waals surface area contributed by atoms with Crippen LogP contribution in [0.2, 0.25) is 0 Å². The summed E-state index contributed by atoms with van der Waals surface area (Å²) < 4.78 is 32.2. The predicted molar refractivity (Wildman–Crippen MR) is 119 cm³/mol. The van der Waals surface area contributed by atoms with Gasteiger partial charge in [0.25, 0.3) is 0 Å². The molecule has 0 aliphatic carbocycles. The van der Waals surface area contributed by atoms with Gasteiger partial charge >= 0.3 is 5.97 Å². The van der Waals surface area contributed by atoms with Crippen LogP contribution in [0, 0.1) is 6.92 Å². The second-order valence-electron chi connectivity index (χ2n) is 7.28. The van der Waals surface area contributed by atoms with Crippen LogP contribution in [-0.4, -0.2) is 43.8 Å². The van der Waals surface area contributed by atoms with Crippen molar-refractivity contribution < 1.29 is 22.7 Å². The largest absolute Gasteiger partial charge is 0.463 e. The molecule has 1 atom stereocenters. The number of carbonyl (C=O) groups excluding carboxylic acids is 2. The second-order valence-corrected chi connectivity index (χ2v) is 9.17. The fourth-order valence-electron chi connectivity index (χ4n) is 3.39. The Morgan fingerprint density at radius 2 is 1.81 bits per heavy atom. The number of carbonyl (C=O) groups is 2. The lowest BCUT2D eigenvalue weighted by Crippen LogP contribution is -2.43. The minimum absolute atomic E-state index is 0.190. The number of benzene rings is 2. The van der Waals surface area contributed by atoms with Crippen molar-refractivity contribution in [3.8, 4) is 0 Å². The monoisotopic (exact) mass is 442 g/mol. The molecule has 7 nitrogen and oxygen atoms in total. The molecule has 2 aromatic rings. The van der Waals surface area contributed by atoms with Gasteiger partial charge in [0.15, 0.2) is 0 Å². The molecule has 2 aromatic carbocycles. The lowest BCUT2D eigenvalue weighted by atomic mass is 10.1. The van der Waals surface area contributed by atoms with Gasteiger partial charge in [-0.05, 0) is 62.6 Å². The number of nitrogens with zero attached hydrogens (tertiary/aromatic N) is 1. The summed E-state index contributed by atoms with van der Waals surface area (Å²) in [4.78, 5) is 24.4. The van der Waals surface area contributed by atoms with Crippen LogP contribution in [0.1, 0.15) is 30.9 Å². The van der Waals surface area contributed by atoms with Crippen LogP contribution in [0.3, 0.4) is 0 Å². The molecule has 0 aromatic heterocycles. The summed E-state index contributed by atoms with van der Waals surface area (Å²) in [6, 6.07) is 12.8. The number of ether oxygens (including phenoxy) is 1. The maximum atomic E-state index is 13.0. The summed E-state index contributed by atoms with van der Waals surface area (Å²) in [5, 5.41) is 2.80. The van der Waals surface area contributed by atoms with E-state index in [1.165, 1.54) is 10.4 Å². The molecule has 31 heavy (non-hydrogen) atoms. The highest BCUT2D eigenvalue weighted by Gasteiger charge is 2.39. The Kier molecular flexibility index (Phi) is 7.25. The smallest absolute Gasteiger partial charge is 0.330 e. The Hall–Kier alpha value is -2.97. The van der Waals surface area contributed by atoms with Crippen LogP contribution in [0.5, 0.6) is 0 Å². The number of hydrogen-bond donors (Lipinski definition) is 1. The molecule has 1 aliphatic heterocycles. The number of anilines is 1. The normalized spacial score (nSPS) is 17.0. The average molecular weight is 443 g/mol. The van der Waals surface area contributed by atoms with E-state index in [0.29, 0.717) is 31.7 Å². The molecule has 8 heteroatoms. The molecule has 0 saturated carbocycles. The minimum Gasteiger partial charge on any atom is -0.463 e. The Labute approximate surface area is 182 Å². The van der Waals surface area contributed by atoms with Crippen molar-refractivity contribution >= 4 is 33.7 Å². The van der Waals surface area contributed by atoms with Crippen LogP contribution in [0.4, 0.5) is 5.69 Å². The van der Waals surface area contributed by atoms with Crippen molar-refractivity contribution in [2.24, 2.45) is 0 Å². The molecule has 1 fully saturated rings.